The largest absolute Gasteiger partial charge is 0.488 e. The number of hydrogen-bond donors (Lipinski definition) is 0. The zero-order chi connectivity index (χ0) is 19.9. The van der Waals surface area contributed by atoms with Gasteiger partial charge in [-0.25, -0.2) is 4.79 Å². The van der Waals surface area contributed by atoms with Crippen molar-refractivity contribution in [3.05, 3.63) is 69.9 Å². The highest BCUT2D eigenvalue weighted by Crippen LogP contribution is 2.35. The van der Waals surface area contributed by atoms with Gasteiger partial charge in [-0.1, -0.05) is 36.4 Å². The Morgan fingerprint density at radius 3 is 2.71 bits per heavy atom. The van der Waals surface area contributed by atoms with Crippen LogP contribution in [0.3, 0.4) is 0 Å². The van der Waals surface area contributed by atoms with Crippen molar-refractivity contribution >= 4 is 38.9 Å². The number of aryl methyl sites for hydroxylation is 1. The number of furan rings is 1. The van der Waals surface area contributed by atoms with Crippen LogP contribution in [0, 0.1) is 6.92 Å². The summed E-state index contributed by atoms with van der Waals surface area (Å²) >= 11 is 3.49. The molecule has 6 heteroatoms. The first kappa shape index (κ1) is 20.2. The Morgan fingerprint density at radius 2 is 1.96 bits per heavy atom. The molecule has 0 fully saturated rings. The van der Waals surface area contributed by atoms with Crippen molar-refractivity contribution in [2.45, 2.75) is 6.92 Å². The molecule has 0 radical (unpaired) electrons. The number of halogens is 1. The summed E-state index contributed by atoms with van der Waals surface area (Å²) in [7, 11) is 1.56. The highest BCUT2D eigenvalue weighted by atomic mass is 79.9. The smallest absolute Gasteiger partial charge is 0.342 e. The highest BCUT2D eigenvalue weighted by Gasteiger charge is 2.21. The molecule has 0 amide bonds. The molecule has 0 atom stereocenters. The van der Waals surface area contributed by atoms with Gasteiger partial charge in [-0.2, -0.15) is 0 Å². The van der Waals surface area contributed by atoms with Gasteiger partial charge in [-0.05, 0) is 46.6 Å². The van der Waals surface area contributed by atoms with E-state index in [0.717, 1.165) is 10.0 Å². The van der Waals surface area contributed by atoms with Crippen LogP contribution >= 0.6 is 15.9 Å². The minimum absolute atomic E-state index is 0.186. The maximum atomic E-state index is 12.4. The monoisotopic (exact) mass is 444 g/mol. The molecule has 0 saturated carbocycles. The van der Waals surface area contributed by atoms with Gasteiger partial charge in [-0.3, -0.25) is 0 Å². The van der Waals surface area contributed by atoms with Crippen LogP contribution < -0.4 is 4.74 Å². The Morgan fingerprint density at radius 1 is 1.18 bits per heavy atom. The number of esters is 1. The molecule has 0 unspecified atom stereocenters. The predicted octanol–water partition coefficient (Wildman–Crippen LogP) is 5.40. The first-order chi connectivity index (χ1) is 13.6. The van der Waals surface area contributed by atoms with Crippen molar-refractivity contribution in [2.75, 3.05) is 26.9 Å². The van der Waals surface area contributed by atoms with Crippen LogP contribution in [0.4, 0.5) is 0 Å². The normalized spacial score (nSPS) is 11.2. The number of rotatable bonds is 8. The fourth-order valence-corrected chi connectivity index (χ4v) is 3.20. The van der Waals surface area contributed by atoms with Crippen molar-refractivity contribution in [3.63, 3.8) is 0 Å². The lowest BCUT2D eigenvalue weighted by molar-refractivity contribution is 0.0388. The number of hydrogen-bond acceptors (Lipinski definition) is 5. The molecule has 0 saturated heterocycles. The average molecular weight is 445 g/mol. The van der Waals surface area contributed by atoms with Crippen molar-refractivity contribution in [2.24, 2.45) is 0 Å². The molecule has 0 aliphatic rings. The molecule has 0 bridgehead atoms. The Hall–Kier alpha value is -2.57. The van der Waals surface area contributed by atoms with E-state index < -0.39 is 5.97 Å². The standard InChI is InChI=1S/C22H21BrO5/c1-15-21(22(24)27-12-11-25-2)17-13-20(18(23)14-19(17)28-15)26-10-6-9-16-7-4-3-5-8-16/h3-9,13-14H,10-12H2,1-2H3. The minimum Gasteiger partial charge on any atom is -0.488 e. The molecule has 28 heavy (non-hydrogen) atoms. The van der Waals surface area contributed by atoms with Crippen LogP contribution in [-0.4, -0.2) is 32.9 Å². The lowest BCUT2D eigenvalue weighted by atomic mass is 10.1. The van der Waals surface area contributed by atoms with Crippen molar-refractivity contribution < 1.29 is 23.4 Å². The molecule has 1 aromatic heterocycles. The predicted molar refractivity (Wildman–Crippen MR) is 112 cm³/mol. The summed E-state index contributed by atoms with van der Waals surface area (Å²) in [6.45, 7) is 2.66. The van der Waals surface area contributed by atoms with Gasteiger partial charge in [0.2, 0.25) is 0 Å². The summed E-state index contributed by atoms with van der Waals surface area (Å²) in [5, 5.41) is 0.658. The summed E-state index contributed by atoms with van der Waals surface area (Å²) in [6, 6.07) is 13.6. The maximum absolute atomic E-state index is 12.4. The van der Waals surface area contributed by atoms with E-state index in [-0.39, 0.29) is 6.61 Å². The van der Waals surface area contributed by atoms with Crippen molar-refractivity contribution in [1.82, 2.24) is 0 Å². The van der Waals surface area contributed by atoms with E-state index in [1.165, 1.54) is 0 Å². The van der Waals surface area contributed by atoms with E-state index in [1.807, 2.05) is 42.5 Å². The lowest BCUT2D eigenvalue weighted by Crippen LogP contribution is -2.10. The first-order valence-electron chi connectivity index (χ1n) is 8.83. The van der Waals surface area contributed by atoms with E-state index >= 15 is 0 Å². The SMILES string of the molecule is COCCOC(=O)c1c(C)oc2cc(Br)c(OCC=Cc3ccccc3)cc12. The van der Waals surface area contributed by atoms with Crippen LogP contribution in [0.25, 0.3) is 17.0 Å². The Balaban J connectivity index is 1.77. The number of methoxy groups -OCH3 is 1. The van der Waals surface area contributed by atoms with Gasteiger partial charge in [0, 0.05) is 12.5 Å². The molecular formula is C22H21BrO5. The van der Waals surface area contributed by atoms with Crippen molar-refractivity contribution in [3.8, 4) is 5.75 Å². The molecule has 0 aliphatic heterocycles. The minimum atomic E-state index is -0.439. The number of fused-ring (bicyclic) bond motifs is 1. The van der Waals surface area contributed by atoms with Gasteiger partial charge in [0.05, 0.1) is 11.1 Å². The maximum Gasteiger partial charge on any atom is 0.342 e. The van der Waals surface area contributed by atoms with Crippen LogP contribution in [0.1, 0.15) is 21.7 Å². The van der Waals surface area contributed by atoms with Gasteiger partial charge < -0.3 is 18.6 Å². The van der Waals surface area contributed by atoms with Gasteiger partial charge in [0.15, 0.2) is 0 Å². The molecule has 0 aliphatic carbocycles. The molecular weight excluding hydrogens is 424 g/mol. The Kier molecular flexibility index (Phi) is 6.90. The molecule has 0 spiro atoms. The summed E-state index contributed by atoms with van der Waals surface area (Å²) < 4.78 is 22.5. The zero-order valence-corrected chi connectivity index (χ0v) is 17.3. The van der Waals surface area contributed by atoms with Gasteiger partial charge >= 0.3 is 5.97 Å². The second kappa shape index (κ2) is 9.57. The Labute approximate surface area is 172 Å². The molecule has 1 heterocycles. The molecule has 2 aromatic carbocycles. The molecule has 3 rings (SSSR count). The molecule has 3 aromatic rings. The second-order valence-electron chi connectivity index (χ2n) is 6.06. The number of carbonyl (C=O) groups excluding carboxylic acids is 1. The second-order valence-corrected chi connectivity index (χ2v) is 6.92. The van der Waals surface area contributed by atoms with Gasteiger partial charge in [0.1, 0.15) is 35.9 Å². The average Bonchev–Trinajstić information content (AvgIpc) is 3.00. The zero-order valence-electron chi connectivity index (χ0n) is 15.7. The van der Waals surface area contributed by atoms with E-state index in [9.17, 15) is 4.79 Å². The Bertz CT molecular complexity index is 976. The summed E-state index contributed by atoms with van der Waals surface area (Å²) in [5.74, 6) is 0.688. The fourth-order valence-electron chi connectivity index (χ4n) is 2.76. The van der Waals surface area contributed by atoms with E-state index in [2.05, 4.69) is 15.9 Å². The van der Waals surface area contributed by atoms with Crippen LogP contribution in [0.15, 0.2) is 57.4 Å². The third-order valence-electron chi connectivity index (χ3n) is 4.09. The number of benzene rings is 2. The third kappa shape index (κ3) is 4.82. The summed E-state index contributed by atoms with van der Waals surface area (Å²) in [5.41, 5.74) is 2.10. The van der Waals surface area contributed by atoms with E-state index in [0.29, 0.717) is 41.3 Å². The van der Waals surface area contributed by atoms with E-state index in [4.69, 9.17) is 18.6 Å². The molecule has 5 nitrogen and oxygen atoms in total. The number of carbonyl (C=O) groups is 1. The summed E-state index contributed by atoms with van der Waals surface area (Å²) in [4.78, 5) is 12.4. The van der Waals surface area contributed by atoms with Gasteiger partial charge in [-0.15, -0.1) is 0 Å². The topological polar surface area (TPSA) is 57.9 Å². The summed E-state index contributed by atoms with van der Waals surface area (Å²) in [6.07, 6.45) is 3.93. The molecule has 146 valence electrons. The van der Waals surface area contributed by atoms with E-state index in [1.54, 1.807) is 26.2 Å². The van der Waals surface area contributed by atoms with Crippen molar-refractivity contribution in [1.29, 1.82) is 0 Å². The van der Waals surface area contributed by atoms with Crippen LogP contribution in [0.2, 0.25) is 0 Å². The van der Waals surface area contributed by atoms with Crippen LogP contribution in [0.5, 0.6) is 5.75 Å². The lowest BCUT2D eigenvalue weighted by Gasteiger charge is -2.07. The van der Waals surface area contributed by atoms with Gasteiger partial charge in [0.25, 0.3) is 0 Å². The third-order valence-corrected chi connectivity index (χ3v) is 4.71. The molecule has 0 N–H and O–H groups in total. The highest BCUT2D eigenvalue weighted by molar-refractivity contribution is 9.10. The van der Waals surface area contributed by atoms with Crippen LogP contribution in [-0.2, 0) is 9.47 Å². The number of ether oxygens (including phenoxy) is 3. The first-order valence-corrected chi connectivity index (χ1v) is 9.62. The quantitative estimate of drug-likeness (QED) is 0.343. The fraction of sp³-hybridized carbons (Fsp3) is 0.227.